The number of aliphatic carboxylic acids is 1. The fourth-order valence-corrected chi connectivity index (χ4v) is 1.11. The second-order valence-electron chi connectivity index (χ2n) is 3.36. The minimum atomic E-state index is -0.778. The van der Waals surface area contributed by atoms with E-state index in [1.807, 2.05) is 13.8 Å². The summed E-state index contributed by atoms with van der Waals surface area (Å²) in [6.45, 7) is 5.56. The lowest BCUT2D eigenvalue weighted by Gasteiger charge is -2.03. The molecular formula is C9H14N2O2. The van der Waals surface area contributed by atoms with Crippen LogP contribution in [0.3, 0.4) is 0 Å². The fourth-order valence-electron chi connectivity index (χ4n) is 1.11. The Morgan fingerprint density at radius 1 is 1.62 bits per heavy atom. The number of hydrogen-bond donors (Lipinski definition) is 2. The molecule has 4 heteroatoms. The van der Waals surface area contributed by atoms with Crippen molar-refractivity contribution in [1.29, 1.82) is 0 Å². The van der Waals surface area contributed by atoms with E-state index in [9.17, 15) is 4.79 Å². The number of carbonyl (C=O) groups is 1. The van der Waals surface area contributed by atoms with E-state index in [1.54, 1.807) is 6.92 Å². The van der Waals surface area contributed by atoms with Gasteiger partial charge in [0.05, 0.1) is 11.6 Å². The highest BCUT2D eigenvalue weighted by atomic mass is 16.4. The van der Waals surface area contributed by atoms with Crippen LogP contribution in [0.4, 0.5) is 0 Å². The topological polar surface area (TPSA) is 66.0 Å². The molecule has 1 aromatic heterocycles. The summed E-state index contributed by atoms with van der Waals surface area (Å²) in [5, 5.41) is 15.6. The highest BCUT2D eigenvalue weighted by Gasteiger charge is 2.15. The molecule has 4 nitrogen and oxygen atoms in total. The third-order valence-electron chi connectivity index (χ3n) is 2.28. The summed E-state index contributed by atoms with van der Waals surface area (Å²) in [6.07, 6.45) is 0.492. The number of aromatic amines is 1. The van der Waals surface area contributed by atoms with Gasteiger partial charge >= 0.3 is 5.97 Å². The van der Waals surface area contributed by atoms with Gasteiger partial charge in [-0.05, 0) is 19.4 Å². The van der Waals surface area contributed by atoms with Crippen LogP contribution in [-0.2, 0) is 11.2 Å². The first-order valence-electron chi connectivity index (χ1n) is 4.25. The maximum atomic E-state index is 10.6. The van der Waals surface area contributed by atoms with Crippen molar-refractivity contribution >= 4 is 5.97 Å². The smallest absolute Gasteiger partial charge is 0.306 e. The van der Waals surface area contributed by atoms with Gasteiger partial charge in [0.2, 0.25) is 0 Å². The van der Waals surface area contributed by atoms with Crippen molar-refractivity contribution in [3.8, 4) is 0 Å². The summed E-state index contributed by atoms with van der Waals surface area (Å²) in [4.78, 5) is 10.6. The molecule has 1 rings (SSSR count). The molecule has 0 radical (unpaired) electrons. The van der Waals surface area contributed by atoms with Gasteiger partial charge in [-0.2, -0.15) is 5.10 Å². The van der Waals surface area contributed by atoms with Crippen molar-refractivity contribution in [3.63, 3.8) is 0 Å². The van der Waals surface area contributed by atoms with E-state index in [1.165, 1.54) is 0 Å². The van der Waals surface area contributed by atoms with Gasteiger partial charge < -0.3 is 5.11 Å². The van der Waals surface area contributed by atoms with Gasteiger partial charge in [0.25, 0.3) is 0 Å². The van der Waals surface area contributed by atoms with Crippen LogP contribution in [-0.4, -0.2) is 21.3 Å². The Morgan fingerprint density at radius 2 is 2.23 bits per heavy atom. The van der Waals surface area contributed by atoms with E-state index < -0.39 is 5.97 Å². The second-order valence-corrected chi connectivity index (χ2v) is 3.36. The maximum Gasteiger partial charge on any atom is 0.306 e. The predicted molar refractivity (Wildman–Crippen MR) is 48.6 cm³/mol. The lowest BCUT2D eigenvalue weighted by Crippen LogP contribution is -2.13. The van der Waals surface area contributed by atoms with Crippen LogP contribution >= 0.6 is 0 Å². The lowest BCUT2D eigenvalue weighted by atomic mass is 10.0. The molecule has 0 spiro atoms. The van der Waals surface area contributed by atoms with E-state index in [4.69, 9.17) is 5.11 Å². The first-order valence-corrected chi connectivity index (χ1v) is 4.25. The van der Waals surface area contributed by atoms with E-state index in [0.29, 0.717) is 6.42 Å². The molecule has 1 aromatic rings. The van der Waals surface area contributed by atoms with Crippen molar-refractivity contribution in [3.05, 3.63) is 17.0 Å². The Balaban J connectivity index is 2.74. The average molecular weight is 182 g/mol. The zero-order chi connectivity index (χ0) is 10.0. The van der Waals surface area contributed by atoms with Crippen LogP contribution in [0.5, 0.6) is 0 Å². The Morgan fingerprint density at radius 3 is 2.62 bits per heavy atom. The van der Waals surface area contributed by atoms with Gasteiger partial charge in [-0.1, -0.05) is 6.92 Å². The summed E-state index contributed by atoms with van der Waals surface area (Å²) in [5.74, 6) is -1.15. The van der Waals surface area contributed by atoms with Crippen LogP contribution in [0.25, 0.3) is 0 Å². The predicted octanol–water partition coefficient (Wildman–Crippen LogP) is 1.29. The molecule has 2 N–H and O–H groups in total. The van der Waals surface area contributed by atoms with Crippen LogP contribution in [0, 0.1) is 19.8 Å². The Labute approximate surface area is 77.0 Å². The summed E-state index contributed by atoms with van der Waals surface area (Å²) < 4.78 is 0. The molecule has 0 amide bonds. The van der Waals surface area contributed by atoms with Crippen molar-refractivity contribution in [2.75, 3.05) is 0 Å². The van der Waals surface area contributed by atoms with Crippen LogP contribution < -0.4 is 0 Å². The zero-order valence-electron chi connectivity index (χ0n) is 8.09. The molecule has 0 fully saturated rings. The van der Waals surface area contributed by atoms with Crippen molar-refractivity contribution < 1.29 is 9.90 Å². The number of carboxylic acid groups (broad SMARTS) is 1. The molecule has 0 saturated carbocycles. The Hall–Kier alpha value is -1.32. The Bertz CT molecular complexity index is 317. The minimum Gasteiger partial charge on any atom is -0.481 e. The summed E-state index contributed by atoms with van der Waals surface area (Å²) in [7, 11) is 0. The number of hydrogen-bond acceptors (Lipinski definition) is 2. The number of H-pyrrole nitrogens is 1. The quantitative estimate of drug-likeness (QED) is 0.740. The molecular weight excluding hydrogens is 168 g/mol. The molecule has 72 valence electrons. The SMILES string of the molecule is Cc1[nH]nc(CC(C)C(=O)O)c1C. The van der Waals surface area contributed by atoms with Gasteiger partial charge in [0.15, 0.2) is 0 Å². The number of nitrogens with zero attached hydrogens (tertiary/aromatic N) is 1. The van der Waals surface area contributed by atoms with E-state index >= 15 is 0 Å². The van der Waals surface area contributed by atoms with Crippen LogP contribution in [0.2, 0.25) is 0 Å². The summed E-state index contributed by atoms with van der Waals surface area (Å²) >= 11 is 0. The van der Waals surface area contributed by atoms with E-state index in [-0.39, 0.29) is 5.92 Å². The number of rotatable bonds is 3. The van der Waals surface area contributed by atoms with Gasteiger partial charge in [-0.3, -0.25) is 9.89 Å². The average Bonchev–Trinajstić information content (AvgIpc) is 2.36. The van der Waals surface area contributed by atoms with Crippen LogP contribution in [0.15, 0.2) is 0 Å². The molecule has 0 aliphatic carbocycles. The van der Waals surface area contributed by atoms with Gasteiger partial charge in [-0.25, -0.2) is 0 Å². The summed E-state index contributed by atoms with van der Waals surface area (Å²) in [5.41, 5.74) is 2.92. The molecule has 0 aliphatic rings. The first kappa shape index (κ1) is 9.77. The minimum absolute atomic E-state index is 0.374. The Kier molecular flexibility index (Phi) is 2.70. The van der Waals surface area contributed by atoms with Crippen molar-refractivity contribution in [2.45, 2.75) is 27.2 Å². The van der Waals surface area contributed by atoms with E-state index in [2.05, 4.69) is 10.2 Å². The zero-order valence-corrected chi connectivity index (χ0v) is 8.09. The van der Waals surface area contributed by atoms with Crippen LogP contribution in [0.1, 0.15) is 23.9 Å². The normalized spacial score (nSPS) is 12.8. The van der Waals surface area contributed by atoms with Gasteiger partial charge in [-0.15, -0.1) is 0 Å². The number of nitrogens with one attached hydrogen (secondary N) is 1. The third kappa shape index (κ3) is 2.08. The lowest BCUT2D eigenvalue weighted by molar-refractivity contribution is -0.141. The van der Waals surface area contributed by atoms with E-state index in [0.717, 1.165) is 17.0 Å². The third-order valence-corrected chi connectivity index (χ3v) is 2.28. The molecule has 0 aromatic carbocycles. The largest absolute Gasteiger partial charge is 0.481 e. The number of aryl methyl sites for hydroxylation is 1. The molecule has 0 saturated heterocycles. The maximum absolute atomic E-state index is 10.6. The van der Waals surface area contributed by atoms with Gasteiger partial charge in [0.1, 0.15) is 0 Å². The molecule has 1 heterocycles. The van der Waals surface area contributed by atoms with Gasteiger partial charge in [0, 0.05) is 12.1 Å². The number of carboxylic acids is 1. The molecule has 0 bridgehead atoms. The van der Waals surface area contributed by atoms with Crippen molar-refractivity contribution in [2.24, 2.45) is 5.92 Å². The standard InChI is InChI=1S/C9H14N2O2/c1-5(9(12)13)4-8-6(2)7(3)10-11-8/h5H,4H2,1-3H3,(H,10,11)(H,12,13). The first-order chi connectivity index (χ1) is 6.02. The molecule has 1 unspecified atom stereocenters. The monoisotopic (exact) mass is 182 g/mol. The number of aromatic nitrogens is 2. The fraction of sp³-hybridized carbons (Fsp3) is 0.556. The molecule has 0 aliphatic heterocycles. The second kappa shape index (κ2) is 3.60. The highest BCUT2D eigenvalue weighted by Crippen LogP contribution is 2.13. The molecule has 13 heavy (non-hydrogen) atoms. The summed E-state index contributed by atoms with van der Waals surface area (Å²) in [6, 6.07) is 0. The highest BCUT2D eigenvalue weighted by molar-refractivity contribution is 5.69. The molecule has 1 atom stereocenters. The van der Waals surface area contributed by atoms with Crippen molar-refractivity contribution in [1.82, 2.24) is 10.2 Å².